The molecule has 0 spiro atoms. The molecule has 2 fully saturated rings. The molecular formula is C16H32N2O. The van der Waals surface area contributed by atoms with Crippen LogP contribution < -0.4 is 5.32 Å². The zero-order chi connectivity index (χ0) is 13.8. The van der Waals surface area contributed by atoms with E-state index < -0.39 is 0 Å². The number of nitrogens with one attached hydrogen (secondary N) is 1. The fourth-order valence-electron chi connectivity index (χ4n) is 3.71. The van der Waals surface area contributed by atoms with Crippen LogP contribution in [0.15, 0.2) is 0 Å². The highest BCUT2D eigenvalue weighted by Crippen LogP contribution is 2.33. The first-order valence-electron chi connectivity index (χ1n) is 8.09. The van der Waals surface area contributed by atoms with Crippen LogP contribution >= 0.6 is 0 Å². The lowest BCUT2D eigenvalue weighted by molar-refractivity contribution is -0.0217. The van der Waals surface area contributed by atoms with Gasteiger partial charge >= 0.3 is 0 Å². The Hall–Kier alpha value is -0.120. The lowest BCUT2D eigenvalue weighted by atomic mass is 9.74. The smallest absolute Gasteiger partial charge is 0.0826 e. The highest BCUT2D eigenvalue weighted by Gasteiger charge is 2.31. The van der Waals surface area contributed by atoms with E-state index in [9.17, 15) is 0 Å². The number of rotatable bonds is 4. The van der Waals surface area contributed by atoms with E-state index in [4.69, 9.17) is 4.74 Å². The van der Waals surface area contributed by atoms with Gasteiger partial charge in [0.15, 0.2) is 0 Å². The second kappa shape index (κ2) is 7.05. The van der Waals surface area contributed by atoms with Gasteiger partial charge in [-0.25, -0.2) is 0 Å². The minimum absolute atomic E-state index is 0.379. The summed E-state index contributed by atoms with van der Waals surface area (Å²) in [5.41, 5.74) is 0. The number of ether oxygens (including phenoxy) is 1. The van der Waals surface area contributed by atoms with Crippen molar-refractivity contribution in [2.24, 2.45) is 17.8 Å². The van der Waals surface area contributed by atoms with Gasteiger partial charge in [0.2, 0.25) is 0 Å². The van der Waals surface area contributed by atoms with E-state index in [1.807, 2.05) is 0 Å². The minimum atomic E-state index is 0.379. The Morgan fingerprint density at radius 1 is 1.32 bits per heavy atom. The number of morpholine rings is 1. The van der Waals surface area contributed by atoms with Gasteiger partial charge in [-0.05, 0) is 37.6 Å². The lowest BCUT2D eigenvalue weighted by Gasteiger charge is -2.39. The van der Waals surface area contributed by atoms with Gasteiger partial charge in [-0.15, -0.1) is 0 Å². The molecule has 3 nitrogen and oxygen atoms in total. The number of hydrogen-bond acceptors (Lipinski definition) is 3. The molecule has 1 aliphatic heterocycles. The highest BCUT2D eigenvalue weighted by atomic mass is 16.5. The van der Waals surface area contributed by atoms with Crippen LogP contribution in [0.2, 0.25) is 0 Å². The average molecular weight is 268 g/mol. The van der Waals surface area contributed by atoms with Crippen molar-refractivity contribution in [3.05, 3.63) is 0 Å². The van der Waals surface area contributed by atoms with Crippen LogP contribution in [0.1, 0.15) is 40.0 Å². The summed E-state index contributed by atoms with van der Waals surface area (Å²) in [6, 6.07) is 0.694. The lowest BCUT2D eigenvalue weighted by Crippen LogP contribution is -2.50. The van der Waals surface area contributed by atoms with Crippen molar-refractivity contribution in [2.75, 3.05) is 33.3 Å². The van der Waals surface area contributed by atoms with Gasteiger partial charge in [0.25, 0.3) is 0 Å². The van der Waals surface area contributed by atoms with Crippen LogP contribution in [0, 0.1) is 17.8 Å². The number of nitrogens with zero attached hydrogens (tertiary/aromatic N) is 1. The Balaban J connectivity index is 1.81. The molecule has 19 heavy (non-hydrogen) atoms. The zero-order valence-corrected chi connectivity index (χ0v) is 13.2. The molecule has 1 N–H and O–H groups in total. The quantitative estimate of drug-likeness (QED) is 0.847. The predicted octanol–water partition coefficient (Wildman–Crippen LogP) is 2.37. The monoisotopic (exact) mass is 268 g/mol. The van der Waals surface area contributed by atoms with Crippen molar-refractivity contribution < 1.29 is 4.74 Å². The summed E-state index contributed by atoms with van der Waals surface area (Å²) < 4.78 is 5.86. The van der Waals surface area contributed by atoms with Gasteiger partial charge in [-0.3, -0.25) is 0 Å². The first-order valence-corrected chi connectivity index (χ1v) is 8.09. The van der Waals surface area contributed by atoms with E-state index >= 15 is 0 Å². The maximum Gasteiger partial charge on any atom is 0.0826 e. The highest BCUT2D eigenvalue weighted by molar-refractivity contribution is 4.86. The number of likely N-dealkylation sites (N-methyl/N-ethyl adjacent to an activating group) is 1. The Bertz CT molecular complexity index is 269. The van der Waals surface area contributed by atoms with E-state index in [1.54, 1.807) is 0 Å². The third-order valence-electron chi connectivity index (χ3n) is 4.97. The van der Waals surface area contributed by atoms with Crippen LogP contribution in [0.4, 0.5) is 0 Å². The van der Waals surface area contributed by atoms with E-state index in [0.717, 1.165) is 44.0 Å². The Morgan fingerprint density at radius 3 is 2.79 bits per heavy atom. The van der Waals surface area contributed by atoms with E-state index in [-0.39, 0.29) is 0 Å². The average Bonchev–Trinajstić information content (AvgIpc) is 2.36. The molecule has 0 bridgehead atoms. The molecule has 0 aromatic rings. The van der Waals surface area contributed by atoms with Crippen LogP contribution in [0.3, 0.4) is 0 Å². The van der Waals surface area contributed by atoms with E-state index in [0.29, 0.717) is 12.1 Å². The van der Waals surface area contributed by atoms with Crippen molar-refractivity contribution in [1.29, 1.82) is 0 Å². The third kappa shape index (κ3) is 4.44. The number of hydrogen-bond donors (Lipinski definition) is 1. The molecule has 0 aromatic heterocycles. The second-order valence-corrected chi connectivity index (χ2v) is 7.10. The first-order chi connectivity index (χ1) is 9.06. The Labute approximate surface area is 119 Å². The first kappa shape index (κ1) is 15.3. The molecule has 4 atom stereocenters. The van der Waals surface area contributed by atoms with Crippen LogP contribution in [-0.2, 0) is 4.74 Å². The summed E-state index contributed by atoms with van der Waals surface area (Å²) in [7, 11) is 2.19. The van der Waals surface area contributed by atoms with Gasteiger partial charge in [-0.1, -0.05) is 27.2 Å². The molecule has 0 radical (unpaired) electrons. The van der Waals surface area contributed by atoms with E-state index in [1.165, 1.54) is 19.3 Å². The molecule has 2 rings (SSSR count). The molecule has 4 unspecified atom stereocenters. The molecule has 1 saturated carbocycles. The molecule has 112 valence electrons. The molecule has 0 amide bonds. The fourth-order valence-corrected chi connectivity index (χ4v) is 3.71. The topological polar surface area (TPSA) is 24.5 Å². The van der Waals surface area contributed by atoms with Crippen LogP contribution in [0.5, 0.6) is 0 Å². The molecule has 2 aliphatic rings. The Morgan fingerprint density at radius 2 is 2.11 bits per heavy atom. The van der Waals surface area contributed by atoms with Crippen molar-refractivity contribution in [1.82, 2.24) is 10.2 Å². The van der Waals surface area contributed by atoms with Gasteiger partial charge in [0.05, 0.1) is 12.7 Å². The molecule has 1 aliphatic carbocycles. The Kier molecular flexibility index (Phi) is 5.67. The standard InChI is InChI=1S/C16H32N2O/c1-12(2)15-6-5-13(3)9-16(15)17-10-14-11-18(4)7-8-19-14/h12-17H,5-11H2,1-4H3. The molecule has 0 aromatic carbocycles. The van der Waals surface area contributed by atoms with Crippen molar-refractivity contribution >= 4 is 0 Å². The maximum absolute atomic E-state index is 5.86. The fraction of sp³-hybridized carbons (Fsp3) is 1.00. The summed E-state index contributed by atoms with van der Waals surface area (Å²) in [6.07, 6.45) is 4.51. The third-order valence-corrected chi connectivity index (χ3v) is 4.97. The zero-order valence-electron chi connectivity index (χ0n) is 13.2. The molecular weight excluding hydrogens is 236 g/mol. The summed E-state index contributed by atoms with van der Waals surface area (Å²) in [6.45, 7) is 11.2. The van der Waals surface area contributed by atoms with Crippen molar-refractivity contribution in [3.8, 4) is 0 Å². The summed E-state index contributed by atoms with van der Waals surface area (Å²) in [5.74, 6) is 2.51. The molecule has 1 saturated heterocycles. The molecule has 3 heteroatoms. The largest absolute Gasteiger partial charge is 0.374 e. The summed E-state index contributed by atoms with van der Waals surface area (Å²) in [5, 5.41) is 3.82. The van der Waals surface area contributed by atoms with Crippen LogP contribution in [-0.4, -0.2) is 50.3 Å². The maximum atomic E-state index is 5.86. The van der Waals surface area contributed by atoms with E-state index in [2.05, 4.69) is 38.0 Å². The van der Waals surface area contributed by atoms with Crippen molar-refractivity contribution in [3.63, 3.8) is 0 Å². The second-order valence-electron chi connectivity index (χ2n) is 7.10. The van der Waals surface area contributed by atoms with Gasteiger partial charge in [0.1, 0.15) is 0 Å². The normalized spacial score (nSPS) is 37.7. The van der Waals surface area contributed by atoms with Gasteiger partial charge < -0.3 is 15.0 Å². The SMILES string of the molecule is CC1CCC(C(C)C)C(NCC2CN(C)CCO2)C1. The summed E-state index contributed by atoms with van der Waals surface area (Å²) >= 11 is 0. The van der Waals surface area contributed by atoms with Gasteiger partial charge in [-0.2, -0.15) is 0 Å². The van der Waals surface area contributed by atoms with Gasteiger partial charge in [0, 0.05) is 25.7 Å². The molecule has 1 heterocycles. The van der Waals surface area contributed by atoms with Crippen molar-refractivity contribution in [2.45, 2.75) is 52.2 Å². The van der Waals surface area contributed by atoms with Crippen LogP contribution in [0.25, 0.3) is 0 Å². The predicted molar refractivity (Wildman–Crippen MR) is 80.4 cm³/mol. The summed E-state index contributed by atoms with van der Waals surface area (Å²) in [4.78, 5) is 2.37. The minimum Gasteiger partial charge on any atom is -0.374 e.